The second-order valence-electron chi connectivity index (χ2n) is 11.6. The molecule has 5 rings (SSSR count). The molecule has 3 heteroatoms. The van der Waals surface area contributed by atoms with Crippen molar-refractivity contribution >= 4 is 0 Å². The van der Waals surface area contributed by atoms with Gasteiger partial charge < -0.3 is 0 Å². The van der Waals surface area contributed by atoms with Gasteiger partial charge in [0.05, 0.1) is 17.1 Å². The van der Waals surface area contributed by atoms with Gasteiger partial charge in [-0.05, 0) is 35.1 Å². The summed E-state index contributed by atoms with van der Waals surface area (Å²) in [5, 5.41) is 0. The Kier molecular flexibility index (Phi) is 6.94. The lowest BCUT2D eigenvalue weighted by Crippen LogP contribution is -2.24. The maximum atomic E-state index is 5.07. The molecule has 3 aromatic carbocycles. The maximum Gasteiger partial charge on any atom is 0.135 e. The Morgan fingerprint density at radius 2 is 1.08 bits per heavy atom. The highest BCUT2D eigenvalue weighted by Gasteiger charge is 2.26. The monoisotopic (exact) mass is 497 g/mol. The number of nitrogens with zero attached hydrogens (tertiary/aromatic N) is 3. The zero-order valence-corrected chi connectivity index (χ0v) is 22.9. The van der Waals surface area contributed by atoms with E-state index in [1.165, 1.54) is 11.1 Å². The summed E-state index contributed by atoms with van der Waals surface area (Å²) in [6.45, 7) is 11.1. The molecule has 3 nitrogen and oxygen atoms in total. The molecule has 0 aliphatic heterocycles. The van der Waals surface area contributed by atoms with Gasteiger partial charge in [0.2, 0.25) is 0 Å². The van der Waals surface area contributed by atoms with Crippen LogP contribution in [0.5, 0.6) is 0 Å². The lowest BCUT2D eigenvalue weighted by molar-refractivity contribution is 0.488. The van der Waals surface area contributed by atoms with Crippen LogP contribution in [0.3, 0.4) is 0 Å². The molecule has 0 aliphatic carbocycles. The Bertz CT molecular complexity index is 1440. The fourth-order valence-electron chi connectivity index (χ4n) is 4.65. The van der Waals surface area contributed by atoms with Gasteiger partial charge in [-0.1, -0.05) is 126 Å². The summed E-state index contributed by atoms with van der Waals surface area (Å²) in [4.78, 5) is 14.9. The van der Waals surface area contributed by atoms with E-state index < -0.39 is 0 Å². The maximum absolute atomic E-state index is 5.07. The van der Waals surface area contributed by atoms with Gasteiger partial charge in [-0.3, -0.25) is 4.98 Å². The summed E-state index contributed by atoms with van der Waals surface area (Å²) in [5.41, 5.74) is 8.54. The van der Waals surface area contributed by atoms with Crippen LogP contribution in [0, 0.1) is 0 Å². The molecular weight excluding hydrogens is 462 g/mol. The highest BCUT2D eigenvalue weighted by atomic mass is 14.9. The average molecular weight is 498 g/mol. The summed E-state index contributed by atoms with van der Waals surface area (Å²) in [6.07, 6.45) is 2.82. The molecular formula is C35H35N3. The summed E-state index contributed by atoms with van der Waals surface area (Å²) < 4.78 is 0. The van der Waals surface area contributed by atoms with Crippen LogP contribution in [-0.4, -0.2) is 15.0 Å². The molecule has 0 saturated carbocycles. The first-order chi connectivity index (χ1) is 18.2. The number of hydrogen-bond acceptors (Lipinski definition) is 3. The van der Waals surface area contributed by atoms with E-state index in [2.05, 4.69) is 126 Å². The molecule has 0 unspecified atom stereocenters. The third-order valence-electron chi connectivity index (χ3n) is 7.00. The van der Waals surface area contributed by atoms with Crippen molar-refractivity contribution < 1.29 is 0 Å². The molecule has 2 heterocycles. The van der Waals surface area contributed by atoms with Crippen molar-refractivity contribution in [2.24, 2.45) is 0 Å². The van der Waals surface area contributed by atoms with Gasteiger partial charge in [0, 0.05) is 28.3 Å². The summed E-state index contributed by atoms with van der Waals surface area (Å²) in [7, 11) is 0. The van der Waals surface area contributed by atoms with Crippen LogP contribution >= 0.6 is 0 Å². The average Bonchev–Trinajstić information content (AvgIpc) is 2.94. The minimum atomic E-state index is -0.261. The minimum absolute atomic E-state index is 0.0984. The third kappa shape index (κ3) is 5.73. The largest absolute Gasteiger partial charge is 0.256 e. The normalized spacial score (nSPS) is 11.9. The van der Waals surface area contributed by atoms with Crippen molar-refractivity contribution in [2.75, 3.05) is 0 Å². The van der Waals surface area contributed by atoms with Crippen LogP contribution in [0.25, 0.3) is 33.8 Å². The van der Waals surface area contributed by atoms with Crippen LogP contribution in [0.1, 0.15) is 51.6 Å². The predicted octanol–water partition coefficient (Wildman–Crippen LogP) is 8.69. The molecule has 0 saturated heterocycles. The number of hydrogen-bond donors (Lipinski definition) is 0. The van der Waals surface area contributed by atoms with Gasteiger partial charge in [0.25, 0.3) is 0 Å². The van der Waals surface area contributed by atoms with Crippen molar-refractivity contribution in [3.05, 3.63) is 126 Å². The Hall–Kier alpha value is -4.11. The zero-order chi connectivity index (χ0) is 26.8. The summed E-state index contributed by atoms with van der Waals surface area (Å²) >= 11 is 0. The van der Waals surface area contributed by atoms with Crippen LogP contribution in [-0.2, 0) is 17.3 Å². The molecule has 0 amide bonds. The van der Waals surface area contributed by atoms with Crippen molar-refractivity contribution in [2.45, 2.75) is 51.9 Å². The Labute approximate surface area is 226 Å². The van der Waals surface area contributed by atoms with Crippen molar-refractivity contribution in [3.8, 4) is 33.8 Å². The van der Waals surface area contributed by atoms with Gasteiger partial charge in [-0.25, -0.2) is 9.97 Å². The fourth-order valence-corrected chi connectivity index (χ4v) is 4.65. The van der Waals surface area contributed by atoms with Crippen LogP contribution < -0.4 is 0 Å². The second-order valence-corrected chi connectivity index (χ2v) is 11.6. The number of benzene rings is 3. The predicted molar refractivity (Wildman–Crippen MR) is 158 cm³/mol. The SMILES string of the molecule is CC(C)(C)c1ccc(-c2ccc(CC(C)(C)c3nc(-c4ccccc4)cc(-c4ccccc4)n3)cc2)nc1. The van der Waals surface area contributed by atoms with Crippen LogP contribution in [0.15, 0.2) is 109 Å². The standard InChI is InChI=1S/C35H35N3/c1-34(2,3)29-20-21-30(36-24-29)28-18-16-25(17-19-28)23-35(4,5)33-37-31(26-12-8-6-9-13-26)22-32(38-33)27-14-10-7-11-15-27/h6-22,24H,23H2,1-5H3. The lowest BCUT2D eigenvalue weighted by Gasteiger charge is -2.24. The Morgan fingerprint density at radius 1 is 0.553 bits per heavy atom. The van der Waals surface area contributed by atoms with Crippen molar-refractivity contribution in [1.29, 1.82) is 0 Å². The molecule has 0 spiro atoms. The van der Waals surface area contributed by atoms with Gasteiger partial charge in [-0.2, -0.15) is 0 Å². The summed E-state index contributed by atoms with van der Waals surface area (Å²) in [6, 6.07) is 35.8. The first kappa shape index (κ1) is 25.5. The molecule has 2 aromatic heterocycles. The first-order valence-corrected chi connectivity index (χ1v) is 13.3. The molecule has 0 aliphatic rings. The van der Waals surface area contributed by atoms with Gasteiger partial charge in [-0.15, -0.1) is 0 Å². The van der Waals surface area contributed by atoms with E-state index in [-0.39, 0.29) is 10.8 Å². The third-order valence-corrected chi connectivity index (χ3v) is 7.00. The minimum Gasteiger partial charge on any atom is -0.256 e. The van der Waals surface area contributed by atoms with Gasteiger partial charge in [0.1, 0.15) is 5.82 Å². The fraction of sp³-hybridized carbons (Fsp3) is 0.229. The van der Waals surface area contributed by atoms with Crippen molar-refractivity contribution in [1.82, 2.24) is 15.0 Å². The van der Waals surface area contributed by atoms with E-state index in [0.29, 0.717) is 0 Å². The van der Waals surface area contributed by atoms with Crippen LogP contribution in [0.4, 0.5) is 0 Å². The number of rotatable bonds is 6. The van der Waals surface area contributed by atoms with Gasteiger partial charge >= 0.3 is 0 Å². The van der Waals surface area contributed by atoms with E-state index in [9.17, 15) is 0 Å². The molecule has 0 atom stereocenters. The molecule has 5 aromatic rings. The topological polar surface area (TPSA) is 38.7 Å². The highest BCUT2D eigenvalue weighted by molar-refractivity contribution is 5.68. The van der Waals surface area contributed by atoms with Gasteiger partial charge in [0.15, 0.2) is 0 Å². The smallest absolute Gasteiger partial charge is 0.135 e. The van der Waals surface area contributed by atoms with Crippen LogP contribution in [0.2, 0.25) is 0 Å². The van der Waals surface area contributed by atoms with Crippen molar-refractivity contribution in [3.63, 3.8) is 0 Å². The van der Waals surface area contributed by atoms with E-state index >= 15 is 0 Å². The first-order valence-electron chi connectivity index (χ1n) is 13.3. The molecule has 0 fully saturated rings. The number of pyridine rings is 1. The Morgan fingerprint density at radius 3 is 1.55 bits per heavy atom. The number of aromatic nitrogens is 3. The summed E-state index contributed by atoms with van der Waals surface area (Å²) in [5.74, 6) is 0.848. The highest BCUT2D eigenvalue weighted by Crippen LogP contribution is 2.31. The zero-order valence-electron chi connectivity index (χ0n) is 22.9. The molecule has 190 valence electrons. The molecule has 0 radical (unpaired) electrons. The van der Waals surface area contributed by atoms with E-state index in [1.807, 2.05) is 18.3 Å². The quantitative estimate of drug-likeness (QED) is 0.235. The molecule has 38 heavy (non-hydrogen) atoms. The molecule has 0 bridgehead atoms. The second kappa shape index (κ2) is 10.3. The van der Waals surface area contributed by atoms with E-state index in [1.54, 1.807) is 0 Å². The van der Waals surface area contributed by atoms with E-state index in [0.717, 1.165) is 46.0 Å². The lowest BCUT2D eigenvalue weighted by atomic mass is 9.84. The molecule has 0 N–H and O–H groups in total. The Balaban J connectivity index is 1.44. The van der Waals surface area contributed by atoms with E-state index in [4.69, 9.17) is 15.0 Å².